The van der Waals surface area contributed by atoms with Crippen molar-refractivity contribution in [1.29, 1.82) is 0 Å². The first-order chi connectivity index (χ1) is 11.4. The van der Waals surface area contributed by atoms with Gasteiger partial charge in [0.25, 0.3) is 0 Å². The Morgan fingerprint density at radius 3 is 2.71 bits per heavy atom. The lowest BCUT2D eigenvalue weighted by atomic mass is 10.1. The average molecular weight is 346 g/mol. The van der Waals surface area contributed by atoms with Crippen LogP contribution in [0.1, 0.15) is 33.8 Å². The molecule has 0 aliphatic heterocycles. The molecule has 2 rings (SSSR count). The lowest BCUT2D eigenvalue weighted by Gasteiger charge is -2.23. The zero-order chi connectivity index (χ0) is 17.7. The molecule has 0 bridgehead atoms. The lowest BCUT2D eigenvalue weighted by molar-refractivity contribution is -0.117. The number of rotatable bonds is 6. The van der Waals surface area contributed by atoms with Crippen molar-refractivity contribution >= 4 is 28.9 Å². The highest BCUT2D eigenvalue weighted by atomic mass is 32.1. The van der Waals surface area contributed by atoms with Crippen molar-refractivity contribution in [1.82, 2.24) is 4.90 Å². The van der Waals surface area contributed by atoms with Gasteiger partial charge in [-0.2, -0.15) is 0 Å². The summed E-state index contributed by atoms with van der Waals surface area (Å²) in [5.41, 5.74) is 1.93. The predicted molar refractivity (Wildman–Crippen MR) is 96.5 cm³/mol. The molecule has 1 aromatic heterocycles. The Morgan fingerprint density at radius 2 is 2.08 bits per heavy atom. The number of nitrogens with zero attached hydrogens (tertiary/aromatic N) is 1. The lowest BCUT2D eigenvalue weighted by Crippen LogP contribution is -2.32. The summed E-state index contributed by atoms with van der Waals surface area (Å²) in [4.78, 5) is 27.2. The highest BCUT2D eigenvalue weighted by molar-refractivity contribution is 7.10. The first-order valence-electron chi connectivity index (χ1n) is 7.65. The Balaban J connectivity index is 2.03. The molecule has 6 heteroatoms. The van der Waals surface area contributed by atoms with Crippen molar-refractivity contribution in [3.05, 3.63) is 51.7 Å². The molecule has 5 nitrogen and oxygen atoms in total. The van der Waals surface area contributed by atoms with Gasteiger partial charge in [-0.25, -0.2) is 4.79 Å². The first-order valence-corrected chi connectivity index (χ1v) is 8.52. The van der Waals surface area contributed by atoms with Gasteiger partial charge in [-0.05, 0) is 50.0 Å². The van der Waals surface area contributed by atoms with Crippen molar-refractivity contribution in [3.63, 3.8) is 0 Å². The van der Waals surface area contributed by atoms with E-state index in [1.165, 1.54) is 12.0 Å². The second-order valence-electron chi connectivity index (χ2n) is 5.68. The molecule has 0 fully saturated rings. The Hall–Kier alpha value is -2.18. The van der Waals surface area contributed by atoms with E-state index in [2.05, 4.69) is 18.3 Å². The fraction of sp³-hybridized carbons (Fsp3) is 0.333. The summed E-state index contributed by atoms with van der Waals surface area (Å²) >= 11 is 1.68. The van der Waals surface area contributed by atoms with Crippen LogP contribution in [0.3, 0.4) is 0 Å². The molecular formula is C18H22N2O3S. The SMILES string of the molecule is COC(=O)c1ccc(C)c(NC(=O)CN(C)[C@H](C)c2cccs2)c1. The number of anilines is 1. The van der Waals surface area contributed by atoms with Gasteiger partial charge in [-0.3, -0.25) is 9.69 Å². The van der Waals surface area contributed by atoms with Gasteiger partial charge >= 0.3 is 5.97 Å². The Bertz CT molecular complexity index is 713. The fourth-order valence-electron chi connectivity index (χ4n) is 2.30. The van der Waals surface area contributed by atoms with Crippen molar-refractivity contribution in [2.45, 2.75) is 19.9 Å². The zero-order valence-electron chi connectivity index (χ0n) is 14.3. The highest BCUT2D eigenvalue weighted by Crippen LogP contribution is 2.23. The predicted octanol–water partition coefficient (Wildman–Crippen LogP) is 3.47. The summed E-state index contributed by atoms with van der Waals surface area (Å²) in [6.45, 7) is 4.22. The third-order valence-electron chi connectivity index (χ3n) is 3.94. The van der Waals surface area contributed by atoms with Crippen LogP contribution in [0.5, 0.6) is 0 Å². The number of thiophene rings is 1. The molecule has 1 amide bonds. The van der Waals surface area contributed by atoms with Crippen molar-refractivity contribution < 1.29 is 14.3 Å². The standard InChI is InChI=1S/C18H22N2O3S/c1-12-7-8-14(18(22)23-4)10-15(12)19-17(21)11-20(3)13(2)16-6-5-9-24-16/h5-10,13H,11H2,1-4H3,(H,19,21)/t13-/m1/s1. The first kappa shape index (κ1) is 18.2. The maximum absolute atomic E-state index is 12.3. The van der Waals surface area contributed by atoms with Gasteiger partial charge < -0.3 is 10.1 Å². The molecule has 0 unspecified atom stereocenters. The van der Waals surface area contributed by atoms with Gasteiger partial charge in [-0.15, -0.1) is 11.3 Å². The summed E-state index contributed by atoms with van der Waals surface area (Å²) in [5.74, 6) is -0.542. The summed E-state index contributed by atoms with van der Waals surface area (Å²) in [5, 5.41) is 4.90. The normalized spacial score (nSPS) is 12.0. The number of hydrogen-bond donors (Lipinski definition) is 1. The van der Waals surface area contributed by atoms with E-state index >= 15 is 0 Å². The van der Waals surface area contributed by atoms with Gasteiger partial charge in [0.1, 0.15) is 0 Å². The zero-order valence-corrected chi connectivity index (χ0v) is 15.1. The minimum Gasteiger partial charge on any atom is -0.465 e. The maximum atomic E-state index is 12.3. The van der Waals surface area contributed by atoms with Crippen molar-refractivity contribution in [2.75, 3.05) is 26.0 Å². The molecule has 1 N–H and O–H groups in total. The van der Waals surface area contributed by atoms with Gasteiger partial charge in [0.15, 0.2) is 0 Å². The number of hydrogen-bond acceptors (Lipinski definition) is 5. The van der Waals surface area contributed by atoms with E-state index in [9.17, 15) is 9.59 Å². The Kier molecular flexibility index (Phi) is 6.11. The molecule has 1 atom stereocenters. The van der Waals surface area contributed by atoms with Crippen LogP contribution in [0, 0.1) is 6.92 Å². The van der Waals surface area contributed by atoms with Crippen LogP contribution in [0.15, 0.2) is 35.7 Å². The van der Waals surface area contributed by atoms with Gasteiger partial charge in [0.05, 0.1) is 19.2 Å². The summed E-state index contributed by atoms with van der Waals surface area (Å²) in [6, 6.07) is 9.35. The highest BCUT2D eigenvalue weighted by Gasteiger charge is 2.16. The van der Waals surface area contributed by atoms with Crippen LogP contribution < -0.4 is 5.32 Å². The maximum Gasteiger partial charge on any atom is 0.337 e. The summed E-state index contributed by atoms with van der Waals surface area (Å²) in [7, 11) is 3.25. The Labute approximate surface area is 146 Å². The molecular weight excluding hydrogens is 324 g/mol. The van der Waals surface area contributed by atoms with Crippen LogP contribution >= 0.6 is 11.3 Å². The fourth-order valence-corrected chi connectivity index (χ4v) is 3.15. The van der Waals surface area contributed by atoms with E-state index < -0.39 is 5.97 Å². The number of aryl methyl sites for hydroxylation is 1. The molecule has 0 spiro atoms. The number of likely N-dealkylation sites (N-methyl/N-ethyl adjacent to an activating group) is 1. The summed E-state index contributed by atoms with van der Waals surface area (Å²) in [6.07, 6.45) is 0. The molecule has 0 aliphatic carbocycles. The van der Waals surface area contributed by atoms with Crippen LogP contribution in [-0.2, 0) is 9.53 Å². The molecule has 2 aromatic rings. The van der Waals surface area contributed by atoms with Crippen LogP contribution in [0.2, 0.25) is 0 Å². The van der Waals surface area contributed by atoms with Gasteiger partial charge in [-0.1, -0.05) is 12.1 Å². The van der Waals surface area contributed by atoms with Crippen molar-refractivity contribution in [2.24, 2.45) is 0 Å². The number of carbonyl (C=O) groups is 2. The van der Waals surface area contributed by atoms with Crippen molar-refractivity contribution in [3.8, 4) is 0 Å². The molecule has 128 valence electrons. The van der Waals surface area contributed by atoms with E-state index in [1.807, 2.05) is 30.3 Å². The van der Waals surface area contributed by atoms with Gasteiger partial charge in [0.2, 0.25) is 5.91 Å². The number of methoxy groups -OCH3 is 1. The molecule has 1 aromatic carbocycles. The smallest absolute Gasteiger partial charge is 0.337 e. The van der Waals surface area contributed by atoms with E-state index in [1.54, 1.807) is 29.5 Å². The monoisotopic (exact) mass is 346 g/mol. The molecule has 24 heavy (non-hydrogen) atoms. The molecule has 0 saturated carbocycles. The minimum atomic E-state index is -0.422. The van der Waals surface area contributed by atoms with E-state index in [4.69, 9.17) is 4.74 Å². The number of benzene rings is 1. The third-order valence-corrected chi connectivity index (χ3v) is 4.98. The third kappa shape index (κ3) is 4.43. The second-order valence-corrected chi connectivity index (χ2v) is 6.66. The molecule has 0 radical (unpaired) electrons. The average Bonchev–Trinajstić information content (AvgIpc) is 3.09. The number of ether oxygens (including phenoxy) is 1. The largest absolute Gasteiger partial charge is 0.465 e. The second kappa shape index (κ2) is 8.08. The number of carbonyl (C=O) groups excluding carboxylic acids is 2. The number of amides is 1. The van der Waals surface area contributed by atoms with E-state index in [0.29, 0.717) is 11.3 Å². The summed E-state index contributed by atoms with van der Waals surface area (Å²) < 4.78 is 4.71. The minimum absolute atomic E-state index is 0.119. The number of nitrogens with one attached hydrogen (secondary N) is 1. The van der Waals surface area contributed by atoms with E-state index in [0.717, 1.165) is 5.56 Å². The van der Waals surface area contributed by atoms with Crippen LogP contribution in [-0.4, -0.2) is 37.5 Å². The number of esters is 1. The Morgan fingerprint density at radius 1 is 1.33 bits per heavy atom. The molecule has 0 saturated heterocycles. The van der Waals surface area contributed by atoms with Crippen LogP contribution in [0.25, 0.3) is 0 Å². The molecule has 0 aliphatic rings. The van der Waals surface area contributed by atoms with Gasteiger partial charge in [0, 0.05) is 16.6 Å². The molecule has 1 heterocycles. The van der Waals surface area contributed by atoms with E-state index in [-0.39, 0.29) is 18.5 Å². The quantitative estimate of drug-likeness (QED) is 0.814. The topological polar surface area (TPSA) is 58.6 Å². The van der Waals surface area contributed by atoms with Crippen LogP contribution in [0.4, 0.5) is 5.69 Å².